The van der Waals surface area contributed by atoms with Crippen molar-refractivity contribution in [2.24, 2.45) is 16.7 Å². The highest BCUT2D eigenvalue weighted by atomic mass is 16.5. The van der Waals surface area contributed by atoms with Crippen molar-refractivity contribution in [3.05, 3.63) is 0 Å². The number of rotatable bonds is 6. The van der Waals surface area contributed by atoms with Gasteiger partial charge in [0.05, 0.1) is 0 Å². The highest BCUT2D eigenvalue weighted by Gasteiger charge is 2.38. The molecule has 0 spiro atoms. The van der Waals surface area contributed by atoms with Crippen molar-refractivity contribution in [2.45, 2.75) is 86.1 Å². The maximum absolute atomic E-state index is 5.66. The largest absolute Gasteiger partial charge is 0.382 e. The van der Waals surface area contributed by atoms with Gasteiger partial charge in [-0.1, -0.05) is 20.8 Å². The Labute approximate surface area is 133 Å². The van der Waals surface area contributed by atoms with Crippen LogP contribution in [0.5, 0.6) is 0 Å². The van der Waals surface area contributed by atoms with Crippen LogP contribution in [0.1, 0.15) is 80.6 Å². The molecule has 1 N–H and O–H groups in total. The lowest BCUT2D eigenvalue weighted by Crippen LogP contribution is -2.46. The molecule has 0 atom stereocenters. The Bertz CT molecular complexity index is 290. The Morgan fingerprint density at radius 3 is 2.05 bits per heavy atom. The Morgan fingerprint density at radius 1 is 1.05 bits per heavy atom. The van der Waals surface area contributed by atoms with Gasteiger partial charge in [-0.15, -0.1) is 0 Å². The molecule has 1 aliphatic carbocycles. The van der Waals surface area contributed by atoms with Crippen molar-refractivity contribution in [1.29, 1.82) is 0 Å². The molecule has 21 heavy (non-hydrogen) atoms. The third kappa shape index (κ3) is 6.69. The Kier molecular flexibility index (Phi) is 6.74. The van der Waals surface area contributed by atoms with E-state index in [0.717, 1.165) is 25.7 Å². The average molecular weight is 298 g/mol. The van der Waals surface area contributed by atoms with Crippen LogP contribution in [0.4, 0.5) is 0 Å². The molecule has 0 aromatic heterocycles. The predicted octanol–water partition coefficient (Wildman–Crippen LogP) is 5.02. The monoisotopic (exact) mass is 297 g/mol. The minimum Gasteiger partial charge on any atom is -0.382 e. The fraction of sp³-hybridized carbons (Fsp3) is 1.00. The van der Waals surface area contributed by atoms with E-state index in [1.165, 1.54) is 32.1 Å². The number of hydrogen-bond acceptors (Lipinski definition) is 2. The fourth-order valence-corrected chi connectivity index (χ4v) is 3.50. The molecular formula is C19H39NO. The second-order valence-corrected chi connectivity index (χ2v) is 9.19. The Morgan fingerprint density at radius 2 is 1.62 bits per heavy atom. The van der Waals surface area contributed by atoms with E-state index in [0.29, 0.717) is 10.8 Å². The topological polar surface area (TPSA) is 21.3 Å². The molecule has 1 fully saturated rings. The molecule has 0 radical (unpaired) electrons. The molecule has 0 bridgehead atoms. The second kappa shape index (κ2) is 7.46. The van der Waals surface area contributed by atoms with Crippen LogP contribution in [0.3, 0.4) is 0 Å². The minimum absolute atomic E-state index is 0.208. The molecule has 0 unspecified atom stereocenters. The molecule has 1 saturated carbocycles. The molecular weight excluding hydrogens is 258 g/mol. The van der Waals surface area contributed by atoms with E-state index in [-0.39, 0.29) is 5.54 Å². The SMILES string of the molecule is CCOCCC1(CNC(C)(C)C)CCC(C(C)(C)C)CC1. The zero-order chi connectivity index (χ0) is 16.1. The summed E-state index contributed by atoms with van der Waals surface area (Å²) in [4.78, 5) is 0. The molecule has 126 valence electrons. The van der Waals surface area contributed by atoms with Crippen LogP contribution in [-0.4, -0.2) is 25.3 Å². The standard InChI is InChI=1S/C19H39NO/c1-8-21-14-13-19(15-20-18(5,6)7)11-9-16(10-12-19)17(2,3)4/h16,20H,8-15H2,1-7H3. The molecule has 0 aliphatic heterocycles. The van der Waals surface area contributed by atoms with Gasteiger partial charge in [-0.25, -0.2) is 0 Å². The first-order valence-electron chi connectivity index (χ1n) is 8.91. The zero-order valence-electron chi connectivity index (χ0n) is 15.6. The lowest BCUT2D eigenvalue weighted by atomic mass is 9.63. The van der Waals surface area contributed by atoms with E-state index in [1.54, 1.807) is 0 Å². The summed E-state index contributed by atoms with van der Waals surface area (Å²) in [5, 5.41) is 3.76. The van der Waals surface area contributed by atoms with Gasteiger partial charge in [0.1, 0.15) is 0 Å². The van der Waals surface area contributed by atoms with E-state index in [9.17, 15) is 0 Å². The van der Waals surface area contributed by atoms with Gasteiger partial charge in [-0.2, -0.15) is 0 Å². The molecule has 0 saturated heterocycles. The van der Waals surface area contributed by atoms with Crippen molar-refractivity contribution in [3.8, 4) is 0 Å². The first-order valence-corrected chi connectivity index (χ1v) is 8.91. The quantitative estimate of drug-likeness (QED) is 0.695. The smallest absolute Gasteiger partial charge is 0.0471 e. The minimum atomic E-state index is 0.208. The van der Waals surface area contributed by atoms with Gasteiger partial charge in [0.25, 0.3) is 0 Å². The summed E-state index contributed by atoms with van der Waals surface area (Å²) in [7, 11) is 0. The molecule has 0 aromatic rings. The van der Waals surface area contributed by atoms with Gasteiger partial charge in [-0.05, 0) is 76.5 Å². The maximum Gasteiger partial charge on any atom is 0.0471 e. The van der Waals surface area contributed by atoms with Crippen LogP contribution < -0.4 is 5.32 Å². The van der Waals surface area contributed by atoms with Crippen molar-refractivity contribution in [3.63, 3.8) is 0 Å². The number of nitrogens with one attached hydrogen (secondary N) is 1. The molecule has 0 aromatic carbocycles. The van der Waals surface area contributed by atoms with Crippen LogP contribution in [0.25, 0.3) is 0 Å². The molecule has 2 heteroatoms. The summed E-state index contributed by atoms with van der Waals surface area (Å²) < 4.78 is 5.66. The summed E-state index contributed by atoms with van der Waals surface area (Å²) >= 11 is 0. The molecule has 0 amide bonds. The van der Waals surface area contributed by atoms with Crippen LogP contribution in [0.15, 0.2) is 0 Å². The van der Waals surface area contributed by atoms with Gasteiger partial charge in [0.15, 0.2) is 0 Å². The van der Waals surface area contributed by atoms with Crippen molar-refractivity contribution in [1.82, 2.24) is 5.32 Å². The summed E-state index contributed by atoms with van der Waals surface area (Å²) in [5.74, 6) is 0.882. The Hall–Kier alpha value is -0.0800. The normalized spacial score (nSPS) is 27.9. The van der Waals surface area contributed by atoms with Gasteiger partial charge >= 0.3 is 0 Å². The first-order chi connectivity index (χ1) is 9.58. The summed E-state index contributed by atoms with van der Waals surface area (Å²) in [6.45, 7) is 19.0. The average Bonchev–Trinajstić information content (AvgIpc) is 2.36. The van der Waals surface area contributed by atoms with Gasteiger partial charge in [0.2, 0.25) is 0 Å². The maximum atomic E-state index is 5.66. The highest BCUT2D eigenvalue weighted by Crippen LogP contribution is 2.46. The fourth-order valence-electron chi connectivity index (χ4n) is 3.50. The van der Waals surface area contributed by atoms with Gasteiger partial charge < -0.3 is 10.1 Å². The van der Waals surface area contributed by atoms with Crippen LogP contribution in [0, 0.1) is 16.7 Å². The summed E-state index contributed by atoms with van der Waals surface area (Å²) in [6.07, 6.45) is 6.67. The van der Waals surface area contributed by atoms with Crippen molar-refractivity contribution >= 4 is 0 Å². The second-order valence-electron chi connectivity index (χ2n) is 9.19. The summed E-state index contributed by atoms with van der Waals surface area (Å²) in [5.41, 5.74) is 1.12. The Balaban J connectivity index is 2.62. The van der Waals surface area contributed by atoms with Gasteiger partial charge in [0, 0.05) is 25.3 Å². The summed E-state index contributed by atoms with van der Waals surface area (Å²) in [6, 6.07) is 0. The third-order valence-corrected chi connectivity index (χ3v) is 5.25. The third-order valence-electron chi connectivity index (χ3n) is 5.25. The predicted molar refractivity (Wildman–Crippen MR) is 92.7 cm³/mol. The number of ether oxygens (including phenoxy) is 1. The lowest BCUT2D eigenvalue weighted by Gasteiger charge is -2.45. The van der Waals surface area contributed by atoms with E-state index >= 15 is 0 Å². The van der Waals surface area contributed by atoms with Crippen LogP contribution in [0.2, 0.25) is 0 Å². The molecule has 1 rings (SSSR count). The number of hydrogen-bond donors (Lipinski definition) is 1. The van der Waals surface area contributed by atoms with E-state index in [4.69, 9.17) is 4.74 Å². The van der Waals surface area contributed by atoms with Crippen LogP contribution >= 0.6 is 0 Å². The lowest BCUT2D eigenvalue weighted by molar-refractivity contribution is 0.0417. The highest BCUT2D eigenvalue weighted by molar-refractivity contribution is 4.91. The van der Waals surface area contributed by atoms with Crippen LogP contribution in [-0.2, 0) is 4.74 Å². The first kappa shape index (κ1) is 19.0. The van der Waals surface area contributed by atoms with Crippen molar-refractivity contribution < 1.29 is 4.74 Å². The zero-order valence-corrected chi connectivity index (χ0v) is 15.6. The van der Waals surface area contributed by atoms with E-state index in [2.05, 4.69) is 53.8 Å². The molecule has 2 nitrogen and oxygen atoms in total. The molecule has 1 aliphatic rings. The van der Waals surface area contributed by atoms with Gasteiger partial charge in [-0.3, -0.25) is 0 Å². The van der Waals surface area contributed by atoms with Crippen molar-refractivity contribution in [2.75, 3.05) is 19.8 Å². The van der Waals surface area contributed by atoms with E-state index in [1.807, 2.05) is 0 Å². The molecule has 0 heterocycles. The van der Waals surface area contributed by atoms with E-state index < -0.39 is 0 Å².